The first-order chi connectivity index (χ1) is 12.5. The van der Waals surface area contributed by atoms with Crippen LogP contribution in [0.5, 0.6) is 5.75 Å². The summed E-state index contributed by atoms with van der Waals surface area (Å²) in [6.07, 6.45) is 2.19. The van der Waals surface area contributed by atoms with E-state index in [1.165, 1.54) is 27.6 Å². The molecule has 3 rings (SSSR count). The van der Waals surface area contributed by atoms with Gasteiger partial charge in [0.05, 0.1) is 17.1 Å². The molecule has 0 amide bonds. The highest BCUT2D eigenvalue weighted by Crippen LogP contribution is 2.27. The van der Waals surface area contributed by atoms with E-state index in [1.54, 1.807) is 0 Å². The molecule has 2 nitrogen and oxygen atoms in total. The average molecular weight is 366 g/mol. The molecule has 0 radical (unpaired) electrons. The lowest BCUT2D eigenvalue weighted by molar-refractivity contribution is 0.310. The minimum absolute atomic E-state index is 0.770. The monoisotopic (exact) mass is 365 g/mol. The predicted octanol–water partition coefficient (Wildman–Crippen LogP) is 6.42. The smallest absolute Gasteiger partial charge is 0.119 e. The van der Waals surface area contributed by atoms with Crippen molar-refractivity contribution in [1.82, 2.24) is 4.98 Å². The molecular weight excluding hydrogens is 338 g/mol. The average Bonchev–Trinajstić information content (AvgIpc) is 2.60. The first kappa shape index (κ1) is 18.8. The van der Waals surface area contributed by atoms with Crippen LogP contribution >= 0.6 is 11.8 Å². The van der Waals surface area contributed by atoms with Gasteiger partial charge in [-0.05, 0) is 81.7 Å². The molecule has 26 heavy (non-hydrogen) atoms. The van der Waals surface area contributed by atoms with E-state index in [9.17, 15) is 0 Å². The number of aryl methyl sites for hydroxylation is 4. The van der Waals surface area contributed by atoms with Gasteiger partial charge in [0.1, 0.15) is 5.75 Å². The van der Waals surface area contributed by atoms with Gasteiger partial charge in [0.15, 0.2) is 0 Å². The maximum absolute atomic E-state index is 5.79. The lowest BCUT2D eigenvalue weighted by Gasteiger charge is -2.10. The van der Waals surface area contributed by atoms with E-state index < -0.39 is 0 Å². The van der Waals surface area contributed by atoms with Crippen LogP contribution in [0.15, 0.2) is 47.5 Å². The van der Waals surface area contributed by atoms with Crippen molar-refractivity contribution < 1.29 is 4.74 Å². The van der Waals surface area contributed by atoms with Gasteiger partial charge in [-0.15, -0.1) is 11.8 Å². The van der Waals surface area contributed by atoms with Crippen LogP contribution in [0, 0.1) is 27.7 Å². The van der Waals surface area contributed by atoms with E-state index in [4.69, 9.17) is 9.72 Å². The van der Waals surface area contributed by atoms with Gasteiger partial charge in [-0.2, -0.15) is 0 Å². The lowest BCUT2D eigenvalue weighted by Crippen LogP contribution is -1.98. The van der Waals surface area contributed by atoms with Crippen LogP contribution < -0.4 is 4.74 Å². The minimum atomic E-state index is 0.770. The standard InChI is InChI=1S/C23H27NOS/c1-16-7-9-20(10-8-16)25-11-5-6-12-26-22-15-18(3)21-14-17(2)13-19(4)23(21)24-22/h7-10,13-15H,5-6,11-12H2,1-4H3. The first-order valence-electron chi connectivity index (χ1n) is 9.24. The largest absolute Gasteiger partial charge is 0.494 e. The van der Waals surface area contributed by atoms with Crippen LogP contribution in [0.3, 0.4) is 0 Å². The zero-order valence-corrected chi connectivity index (χ0v) is 17.0. The molecule has 0 saturated carbocycles. The Labute approximate surface area is 161 Å². The molecule has 3 aromatic rings. The van der Waals surface area contributed by atoms with Crippen molar-refractivity contribution in [3.63, 3.8) is 0 Å². The van der Waals surface area contributed by atoms with Gasteiger partial charge in [-0.1, -0.05) is 29.3 Å². The Balaban J connectivity index is 1.49. The summed E-state index contributed by atoms with van der Waals surface area (Å²) >= 11 is 1.84. The maximum atomic E-state index is 5.79. The van der Waals surface area contributed by atoms with Crippen LogP contribution in [0.2, 0.25) is 0 Å². The van der Waals surface area contributed by atoms with Gasteiger partial charge in [0, 0.05) is 5.39 Å². The molecule has 0 fully saturated rings. The summed E-state index contributed by atoms with van der Waals surface area (Å²) in [7, 11) is 0. The number of nitrogens with zero attached hydrogens (tertiary/aromatic N) is 1. The summed E-state index contributed by atoms with van der Waals surface area (Å²) in [5, 5.41) is 2.40. The SMILES string of the molecule is Cc1ccc(OCCCCSc2cc(C)c3cc(C)cc(C)c3n2)cc1. The zero-order chi connectivity index (χ0) is 18.5. The summed E-state index contributed by atoms with van der Waals surface area (Å²) in [5.74, 6) is 2.03. The van der Waals surface area contributed by atoms with Crippen molar-refractivity contribution in [2.75, 3.05) is 12.4 Å². The second kappa shape index (κ2) is 8.59. The predicted molar refractivity (Wildman–Crippen MR) is 113 cm³/mol. The number of thioether (sulfide) groups is 1. The van der Waals surface area contributed by atoms with Crippen molar-refractivity contribution in [3.8, 4) is 5.75 Å². The third-order valence-electron chi connectivity index (χ3n) is 4.51. The highest BCUT2D eigenvalue weighted by molar-refractivity contribution is 7.99. The van der Waals surface area contributed by atoms with Crippen molar-refractivity contribution in [3.05, 3.63) is 64.7 Å². The fraction of sp³-hybridized carbons (Fsp3) is 0.348. The molecule has 0 saturated heterocycles. The highest BCUT2D eigenvalue weighted by atomic mass is 32.2. The molecule has 2 aromatic carbocycles. The molecule has 1 aromatic heterocycles. The number of aromatic nitrogens is 1. The Morgan fingerprint density at radius 1 is 0.846 bits per heavy atom. The molecule has 0 spiro atoms. The number of pyridine rings is 1. The molecule has 0 atom stereocenters. The molecular formula is C23H27NOS. The molecule has 136 valence electrons. The fourth-order valence-corrected chi connectivity index (χ4v) is 4.07. The quantitative estimate of drug-likeness (QED) is 0.356. The van der Waals surface area contributed by atoms with Crippen LogP contribution in [-0.4, -0.2) is 17.3 Å². The number of fused-ring (bicyclic) bond motifs is 1. The Kier molecular flexibility index (Phi) is 6.20. The molecule has 0 aliphatic carbocycles. The molecule has 0 unspecified atom stereocenters. The Morgan fingerprint density at radius 2 is 1.62 bits per heavy atom. The number of hydrogen-bond acceptors (Lipinski definition) is 3. The fourth-order valence-electron chi connectivity index (χ4n) is 3.09. The minimum Gasteiger partial charge on any atom is -0.494 e. The normalized spacial score (nSPS) is 11.1. The van der Waals surface area contributed by atoms with Crippen LogP contribution in [0.1, 0.15) is 35.1 Å². The maximum Gasteiger partial charge on any atom is 0.119 e. The molecule has 0 aliphatic rings. The van der Waals surface area contributed by atoms with Gasteiger partial charge in [0.2, 0.25) is 0 Å². The van der Waals surface area contributed by atoms with E-state index >= 15 is 0 Å². The topological polar surface area (TPSA) is 22.1 Å². The van der Waals surface area contributed by atoms with Crippen LogP contribution in [0.4, 0.5) is 0 Å². The Hall–Kier alpha value is -2.00. The van der Waals surface area contributed by atoms with Gasteiger partial charge < -0.3 is 4.74 Å². The molecule has 0 N–H and O–H groups in total. The van der Waals surface area contributed by atoms with E-state index in [0.29, 0.717) is 0 Å². The third kappa shape index (κ3) is 4.79. The summed E-state index contributed by atoms with van der Waals surface area (Å²) in [6.45, 7) is 9.34. The van der Waals surface area contributed by atoms with Gasteiger partial charge in [-0.25, -0.2) is 4.98 Å². The Bertz CT molecular complexity index is 887. The first-order valence-corrected chi connectivity index (χ1v) is 10.2. The number of benzene rings is 2. The molecule has 3 heteroatoms. The number of rotatable bonds is 7. The second-order valence-corrected chi connectivity index (χ2v) is 8.09. The molecule has 0 aliphatic heterocycles. The van der Waals surface area contributed by atoms with Gasteiger partial charge in [-0.3, -0.25) is 0 Å². The van der Waals surface area contributed by atoms with E-state index in [1.807, 2.05) is 23.9 Å². The van der Waals surface area contributed by atoms with Crippen LogP contribution in [0.25, 0.3) is 10.9 Å². The number of hydrogen-bond donors (Lipinski definition) is 0. The third-order valence-corrected chi connectivity index (χ3v) is 5.51. The second-order valence-electron chi connectivity index (χ2n) is 6.97. The van der Waals surface area contributed by atoms with E-state index in [-0.39, 0.29) is 0 Å². The van der Waals surface area contributed by atoms with Gasteiger partial charge >= 0.3 is 0 Å². The van der Waals surface area contributed by atoms with Crippen molar-refractivity contribution >= 4 is 22.7 Å². The highest BCUT2D eigenvalue weighted by Gasteiger charge is 2.07. The van der Waals surface area contributed by atoms with E-state index in [0.717, 1.165) is 41.5 Å². The lowest BCUT2D eigenvalue weighted by atomic mass is 10.0. The van der Waals surface area contributed by atoms with Crippen molar-refractivity contribution in [2.45, 2.75) is 45.6 Å². The summed E-state index contributed by atoms with van der Waals surface area (Å²) in [5.41, 5.74) is 6.27. The van der Waals surface area contributed by atoms with Crippen LogP contribution in [-0.2, 0) is 0 Å². The van der Waals surface area contributed by atoms with Crippen molar-refractivity contribution in [1.29, 1.82) is 0 Å². The van der Waals surface area contributed by atoms with Crippen molar-refractivity contribution in [2.24, 2.45) is 0 Å². The number of ether oxygens (including phenoxy) is 1. The molecule has 1 heterocycles. The Morgan fingerprint density at radius 3 is 2.38 bits per heavy atom. The summed E-state index contributed by atoms with van der Waals surface area (Å²) in [4.78, 5) is 4.88. The number of unbranched alkanes of at least 4 members (excludes halogenated alkanes) is 1. The summed E-state index contributed by atoms with van der Waals surface area (Å²) in [6, 6.07) is 14.9. The zero-order valence-electron chi connectivity index (χ0n) is 16.1. The van der Waals surface area contributed by atoms with Gasteiger partial charge in [0.25, 0.3) is 0 Å². The summed E-state index contributed by atoms with van der Waals surface area (Å²) < 4.78 is 5.79. The molecule has 0 bridgehead atoms. The van der Waals surface area contributed by atoms with E-state index in [2.05, 4.69) is 58.0 Å².